The van der Waals surface area contributed by atoms with Gasteiger partial charge in [-0.25, -0.2) is 15.0 Å². The molecule has 3 saturated heterocycles. The zero-order valence-corrected chi connectivity index (χ0v) is 22.4. The molecule has 0 spiro atoms. The number of hydrogen-bond donors (Lipinski definition) is 1. The fourth-order valence-corrected chi connectivity index (χ4v) is 5.98. The smallest absolute Gasteiger partial charge is 0.298 e. The lowest BCUT2D eigenvalue weighted by Gasteiger charge is -2.46. The summed E-state index contributed by atoms with van der Waals surface area (Å²) in [5, 5.41) is 3.49. The van der Waals surface area contributed by atoms with Crippen LogP contribution in [0.5, 0.6) is 5.75 Å². The van der Waals surface area contributed by atoms with Crippen molar-refractivity contribution in [3.8, 4) is 17.6 Å². The van der Waals surface area contributed by atoms with E-state index in [1.807, 2.05) is 18.0 Å². The first kappa shape index (κ1) is 24.9. The van der Waals surface area contributed by atoms with E-state index in [0.717, 1.165) is 93.9 Å². The van der Waals surface area contributed by atoms with E-state index in [4.69, 9.17) is 19.4 Å². The molecular weight excluding hydrogens is 482 g/mol. The van der Waals surface area contributed by atoms with Crippen molar-refractivity contribution >= 4 is 23.2 Å². The van der Waals surface area contributed by atoms with E-state index >= 15 is 0 Å². The Morgan fingerprint density at radius 3 is 2.61 bits per heavy atom. The van der Waals surface area contributed by atoms with Gasteiger partial charge in [0.05, 0.1) is 24.5 Å². The number of nitrogens with zero attached hydrogens (tertiary/aromatic N) is 6. The molecule has 6 heterocycles. The number of carbonyl (C=O) groups is 1. The first-order valence-electron chi connectivity index (χ1n) is 13.6. The molecule has 1 atom stereocenters. The van der Waals surface area contributed by atoms with Crippen LogP contribution in [0.25, 0.3) is 0 Å². The van der Waals surface area contributed by atoms with Gasteiger partial charge in [0.25, 0.3) is 5.91 Å². The Kier molecular flexibility index (Phi) is 6.80. The first-order chi connectivity index (χ1) is 18.5. The second-order valence-corrected chi connectivity index (χ2v) is 10.5. The fourth-order valence-electron chi connectivity index (χ4n) is 5.98. The van der Waals surface area contributed by atoms with Crippen molar-refractivity contribution in [2.75, 3.05) is 62.7 Å². The summed E-state index contributed by atoms with van der Waals surface area (Å²) in [6.07, 6.45) is 3.61. The molecule has 1 N–H and O–H groups in total. The molecule has 0 aliphatic carbocycles. The molecule has 4 aliphatic rings. The normalized spacial score (nSPS) is 22.1. The van der Waals surface area contributed by atoms with Crippen molar-refractivity contribution in [3.63, 3.8) is 0 Å². The number of piperidine rings is 1. The van der Waals surface area contributed by atoms with Crippen LogP contribution in [0.3, 0.4) is 0 Å². The molecular formula is C28H35N7O3. The van der Waals surface area contributed by atoms with Gasteiger partial charge in [0, 0.05) is 63.1 Å². The van der Waals surface area contributed by atoms with Crippen molar-refractivity contribution in [1.82, 2.24) is 24.8 Å². The van der Waals surface area contributed by atoms with Gasteiger partial charge in [0.1, 0.15) is 17.7 Å². The van der Waals surface area contributed by atoms with Gasteiger partial charge in [0.15, 0.2) is 11.6 Å². The number of morpholine rings is 1. The molecule has 6 rings (SSSR count). The van der Waals surface area contributed by atoms with E-state index in [-0.39, 0.29) is 17.9 Å². The standard InChI is InChI=1S/C28H35N7O3/c1-4-5-23(36)34-10-7-21(8-11-34)35-16-20(17-35)26-30-18(2)25-28(31-26)32-27-24(19(3)38-25)22(6-9-29-27)33-12-14-37-15-13-33/h6,9,19-21H,7-8,10-17H2,1-3H3,(H,29,30,31,32)/t19-/m0/s1. The maximum atomic E-state index is 12.1. The largest absolute Gasteiger partial charge is 0.480 e. The molecule has 0 saturated carbocycles. The minimum atomic E-state index is -0.196. The van der Waals surface area contributed by atoms with Gasteiger partial charge in [-0.05, 0) is 45.6 Å². The van der Waals surface area contributed by atoms with Gasteiger partial charge in [-0.3, -0.25) is 9.69 Å². The summed E-state index contributed by atoms with van der Waals surface area (Å²) >= 11 is 0. The maximum absolute atomic E-state index is 12.1. The van der Waals surface area contributed by atoms with Gasteiger partial charge < -0.3 is 24.6 Å². The lowest BCUT2D eigenvalue weighted by molar-refractivity contribution is -0.126. The number of anilines is 3. The van der Waals surface area contributed by atoms with Crippen LogP contribution in [0.4, 0.5) is 17.3 Å². The third-order valence-electron chi connectivity index (χ3n) is 8.08. The monoisotopic (exact) mass is 517 g/mol. The zero-order valence-electron chi connectivity index (χ0n) is 22.4. The van der Waals surface area contributed by atoms with Crippen molar-refractivity contribution in [1.29, 1.82) is 0 Å². The van der Waals surface area contributed by atoms with Crippen LogP contribution in [0.15, 0.2) is 12.3 Å². The SMILES string of the molecule is CC#CC(=O)N1CCC(N2CC(c3nc(C)c4c(n3)Nc3nccc(N5CCOCC5)c3[C@H](C)O4)C2)CC1. The number of amides is 1. The number of aryl methyl sites for hydroxylation is 1. The van der Waals surface area contributed by atoms with Crippen molar-refractivity contribution in [3.05, 3.63) is 29.3 Å². The van der Waals surface area contributed by atoms with Crippen molar-refractivity contribution in [2.45, 2.75) is 51.7 Å². The minimum absolute atomic E-state index is 0.0570. The second-order valence-electron chi connectivity index (χ2n) is 10.5. The van der Waals surface area contributed by atoms with Gasteiger partial charge in [0.2, 0.25) is 0 Å². The lowest BCUT2D eigenvalue weighted by Crippen LogP contribution is -2.55. The van der Waals surface area contributed by atoms with E-state index in [1.165, 1.54) is 0 Å². The Hall–Kier alpha value is -3.42. The molecule has 0 unspecified atom stereocenters. The molecule has 3 fully saturated rings. The summed E-state index contributed by atoms with van der Waals surface area (Å²) in [6, 6.07) is 2.55. The second kappa shape index (κ2) is 10.4. The number of fused-ring (bicyclic) bond motifs is 2. The minimum Gasteiger partial charge on any atom is -0.480 e. The molecule has 10 heteroatoms. The van der Waals surface area contributed by atoms with Crippen LogP contribution in [-0.2, 0) is 9.53 Å². The molecule has 38 heavy (non-hydrogen) atoms. The fraction of sp³-hybridized carbons (Fsp3) is 0.571. The van der Waals surface area contributed by atoms with Crippen molar-refractivity contribution in [2.24, 2.45) is 0 Å². The first-order valence-corrected chi connectivity index (χ1v) is 13.6. The van der Waals surface area contributed by atoms with Gasteiger partial charge in [-0.15, -0.1) is 0 Å². The Bertz CT molecular complexity index is 1270. The molecule has 4 aliphatic heterocycles. The molecule has 0 aromatic carbocycles. The van der Waals surface area contributed by atoms with Crippen LogP contribution in [0, 0.1) is 18.8 Å². The Morgan fingerprint density at radius 1 is 1.11 bits per heavy atom. The Balaban J connectivity index is 1.16. The van der Waals surface area contributed by atoms with Gasteiger partial charge in [-0.2, -0.15) is 0 Å². The summed E-state index contributed by atoms with van der Waals surface area (Å²) in [5.41, 5.74) is 3.01. The number of pyridine rings is 1. The summed E-state index contributed by atoms with van der Waals surface area (Å²) in [4.78, 5) is 33.3. The Labute approximate surface area is 223 Å². The predicted octanol–water partition coefficient (Wildman–Crippen LogP) is 2.63. The number of likely N-dealkylation sites (tertiary alicyclic amines) is 2. The molecule has 1 amide bonds. The summed E-state index contributed by atoms with van der Waals surface area (Å²) in [5.74, 6) is 8.60. The van der Waals surface area contributed by atoms with E-state index in [2.05, 4.69) is 44.9 Å². The maximum Gasteiger partial charge on any atom is 0.298 e. The highest BCUT2D eigenvalue weighted by Crippen LogP contribution is 2.43. The van der Waals surface area contributed by atoms with E-state index < -0.39 is 0 Å². The Morgan fingerprint density at radius 2 is 1.87 bits per heavy atom. The number of carbonyl (C=O) groups excluding carboxylic acids is 1. The number of nitrogens with one attached hydrogen (secondary N) is 1. The molecule has 0 bridgehead atoms. The van der Waals surface area contributed by atoms with Crippen LogP contribution in [0.2, 0.25) is 0 Å². The zero-order chi connectivity index (χ0) is 26.2. The number of aromatic nitrogens is 3. The van der Waals surface area contributed by atoms with Gasteiger partial charge in [-0.1, -0.05) is 5.92 Å². The molecule has 0 radical (unpaired) electrons. The summed E-state index contributed by atoms with van der Waals surface area (Å²) in [6.45, 7) is 12.3. The number of rotatable bonds is 3. The van der Waals surface area contributed by atoms with Gasteiger partial charge >= 0.3 is 0 Å². The highest BCUT2D eigenvalue weighted by atomic mass is 16.5. The number of hydrogen-bond acceptors (Lipinski definition) is 9. The lowest BCUT2D eigenvalue weighted by atomic mass is 9.92. The average Bonchev–Trinajstić information content (AvgIpc) is 3.05. The molecule has 10 nitrogen and oxygen atoms in total. The number of ether oxygens (including phenoxy) is 2. The summed E-state index contributed by atoms with van der Waals surface area (Å²) < 4.78 is 12.0. The van der Waals surface area contributed by atoms with E-state index in [9.17, 15) is 4.79 Å². The highest BCUT2D eigenvalue weighted by molar-refractivity contribution is 5.93. The van der Waals surface area contributed by atoms with Crippen LogP contribution >= 0.6 is 0 Å². The molecule has 2 aromatic heterocycles. The van der Waals surface area contributed by atoms with Crippen LogP contribution in [-0.4, -0.2) is 89.2 Å². The van der Waals surface area contributed by atoms with Crippen LogP contribution in [0.1, 0.15) is 55.8 Å². The predicted molar refractivity (Wildman–Crippen MR) is 144 cm³/mol. The van der Waals surface area contributed by atoms with Crippen molar-refractivity contribution < 1.29 is 14.3 Å². The van der Waals surface area contributed by atoms with E-state index in [0.29, 0.717) is 17.6 Å². The molecule has 200 valence electrons. The summed E-state index contributed by atoms with van der Waals surface area (Å²) in [7, 11) is 0. The topological polar surface area (TPSA) is 96.0 Å². The molecule has 2 aromatic rings. The van der Waals surface area contributed by atoms with Crippen LogP contribution < -0.4 is 15.0 Å². The highest BCUT2D eigenvalue weighted by Gasteiger charge is 2.38. The third-order valence-corrected chi connectivity index (χ3v) is 8.08. The quantitative estimate of drug-likeness (QED) is 0.617. The third kappa shape index (κ3) is 4.65. The van der Waals surface area contributed by atoms with E-state index in [1.54, 1.807) is 6.92 Å². The average molecular weight is 518 g/mol.